The SMILES string of the molecule is Cc1cc(C)n(-c2cccc(CC(O)C(C)(C)C)n2)n1. The highest BCUT2D eigenvalue weighted by atomic mass is 16.3. The minimum atomic E-state index is -0.411. The summed E-state index contributed by atoms with van der Waals surface area (Å²) in [7, 11) is 0. The van der Waals surface area contributed by atoms with E-state index < -0.39 is 6.10 Å². The molecule has 0 aliphatic heterocycles. The first-order valence-corrected chi connectivity index (χ1v) is 6.95. The van der Waals surface area contributed by atoms with Crippen LogP contribution in [0.1, 0.15) is 37.9 Å². The Morgan fingerprint density at radius 1 is 1.25 bits per heavy atom. The maximum Gasteiger partial charge on any atom is 0.153 e. The number of aromatic nitrogens is 3. The first kappa shape index (κ1) is 14.7. The van der Waals surface area contributed by atoms with Gasteiger partial charge >= 0.3 is 0 Å². The van der Waals surface area contributed by atoms with E-state index in [1.165, 1.54) is 0 Å². The molecule has 0 bridgehead atoms. The third-order valence-electron chi connectivity index (χ3n) is 3.42. The second-order valence-corrected chi connectivity index (χ2v) is 6.41. The van der Waals surface area contributed by atoms with Crippen molar-refractivity contribution in [3.05, 3.63) is 41.3 Å². The van der Waals surface area contributed by atoms with Crippen LogP contribution in [0.2, 0.25) is 0 Å². The smallest absolute Gasteiger partial charge is 0.153 e. The zero-order chi connectivity index (χ0) is 14.9. The molecule has 1 unspecified atom stereocenters. The molecule has 2 aromatic rings. The zero-order valence-corrected chi connectivity index (χ0v) is 12.9. The van der Waals surface area contributed by atoms with Gasteiger partial charge in [-0.05, 0) is 37.5 Å². The molecule has 108 valence electrons. The van der Waals surface area contributed by atoms with E-state index in [0.29, 0.717) is 6.42 Å². The van der Waals surface area contributed by atoms with Gasteiger partial charge in [0.05, 0.1) is 11.8 Å². The number of nitrogens with zero attached hydrogens (tertiary/aromatic N) is 3. The van der Waals surface area contributed by atoms with Gasteiger partial charge in [-0.3, -0.25) is 0 Å². The lowest BCUT2D eigenvalue weighted by Gasteiger charge is -2.25. The highest BCUT2D eigenvalue weighted by molar-refractivity contribution is 5.27. The van der Waals surface area contributed by atoms with Gasteiger partial charge in [0.25, 0.3) is 0 Å². The summed E-state index contributed by atoms with van der Waals surface area (Å²) in [4.78, 5) is 4.61. The van der Waals surface area contributed by atoms with Crippen molar-refractivity contribution >= 4 is 0 Å². The van der Waals surface area contributed by atoms with E-state index >= 15 is 0 Å². The molecule has 1 atom stereocenters. The fourth-order valence-corrected chi connectivity index (χ4v) is 2.06. The molecule has 2 heterocycles. The van der Waals surface area contributed by atoms with Crippen molar-refractivity contribution in [2.45, 2.75) is 47.1 Å². The zero-order valence-electron chi connectivity index (χ0n) is 12.9. The van der Waals surface area contributed by atoms with Crippen LogP contribution in [0, 0.1) is 19.3 Å². The molecular weight excluding hydrogens is 250 g/mol. The summed E-state index contributed by atoms with van der Waals surface area (Å²) in [5.74, 6) is 0.800. The van der Waals surface area contributed by atoms with Gasteiger partial charge in [0.15, 0.2) is 5.82 Å². The van der Waals surface area contributed by atoms with E-state index in [0.717, 1.165) is 22.9 Å². The molecule has 0 aliphatic carbocycles. The van der Waals surface area contributed by atoms with E-state index in [1.807, 2.05) is 63.6 Å². The molecule has 1 N–H and O–H groups in total. The average Bonchev–Trinajstić information content (AvgIpc) is 2.67. The molecule has 4 nitrogen and oxygen atoms in total. The van der Waals surface area contributed by atoms with Crippen LogP contribution in [0.4, 0.5) is 0 Å². The average molecular weight is 273 g/mol. The Hall–Kier alpha value is -1.68. The summed E-state index contributed by atoms with van der Waals surface area (Å²) in [6, 6.07) is 7.87. The second kappa shape index (κ2) is 5.37. The molecule has 2 aromatic heterocycles. The fourth-order valence-electron chi connectivity index (χ4n) is 2.06. The molecule has 0 saturated heterocycles. The summed E-state index contributed by atoms with van der Waals surface area (Å²) >= 11 is 0. The third-order valence-corrected chi connectivity index (χ3v) is 3.42. The number of aryl methyl sites for hydroxylation is 2. The summed E-state index contributed by atoms with van der Waals surface area (Å²) in [5, 5.41) is 14.6. The van der Waals surface area contributed by atoms with Crippen molar-refractivity contribution < 1.29 is 5.11 Å². The summed E-state index contributed by atoms with van der Waals surface area (Å²) in [5.41, 5.74) is 2.78. The van der Waals surface area contributed by atoms with E-state index in [9.17, 15) is 5.11 Å². The van der Waals surface area contributed by atoms with Gasteiger partial charge in [0, 0.05) is 17.8 Å². The van der Waals surface area contributed by atoms with Crippen LogP contribution in [0.5, 0.6) is 0 Å². The summed E-state index contributed by atoms with van der Waals surface area (Å²) in [6.07, 6.45) is 0.141. The van der Waals surface area contributed by atoms with Crippen molar-refractivity contribution in [2.24, 2.45) is 5.41 Å². The summed E-state index contributed by atoms with van der Waals surface area (Å²) in [6.45, 7) is 10.1. The maximum atomic E-state index is 10.2. The van der Waals surface area contributed by atoms with Crippen molar-refractivity contribution in [1.29, 1.82) is 0 Å². The van der Waals surface area contributed by atoms with Gasteiger partial charge in [-0.1, -0.05) is 26.8 Å². The lowest BCUT2D eigenvalue weighted by atomic mass is 9.86. The summed E-state index contributed by atoms with van der Waals surface area (Å²) < 4.78 is 1.84. The van der Waals surface area contributed by atoms with E-state index in [-0.39, 0.29) is 5.41 Å². The molecule has 0 saturated carbocycles. The topological polar surface area (TPSA) is 50.9 Å². The molecule has 4 heteroatoms. The third kappa shape index (κ3) is 3.25. The van der Waals surface area contributed by atoms with Crippen LogP contribution in [0.25, 0.3) is 5.82 Å². The van der Waals surface area contributed by atoms with E-state index in [2.05, 4.69) is 10.1 Å². The lowest BCUT2D eigenvalue weighted by Crippen LogP contribution is -2.28. The number of aliphatic hydroxyl groups is 1. The Labute approximate surface area is 120 Å². The van der Waals surface area contributed by atoms with Crippen LogP contribution >= 0.6 is 0 Å². The van der Waals surface area contributed by atoms with E-state index in [4.69, 9.17) is 0 Å². The molecule has 0 amide bonds. The first-order chi connectivity index (χ1) is 9.27. The highest BCUT2D eigenvalue weighted by Crippen LogP contribution is 2.22. The second-order valence-electron chi connectivity index (χ2n) is 6.41. The Morgan fingerprint density at radius 3 is 2.50 bits per heavy atom. The largest absolute Gasteiger partial charge is 0.392 e. The van der Waals surface area contributed by atoms with Crippen LogP contribution in [-0.4, -0.2) is 26.0 Å². The molecule has 0 aliphatic rings. The van der Waals surface area contributed by atoms with Gasteiger partial charge in [-0.2, -0.15) is 5.10 Å². The Balaban J connectivity index is 2.27. The first-order valence-electron chi connectivity index (χ1n) is 6.95. The van der Waals surface area contributed by atoms with Crippen LogP contribution in [0.15, 0.2) is 24.3 Å². The number of hydrogen-bond donors (Lipinski definition) is 1. The minimum Gasteiger partial charge on any atom is -0.392 e. The lowest BCUT2D eigenvalue weighted by molar-refractivity contribution is 0.0628. The van der Waals surface area contributed by atoms with E-state index in [1.54, 1.807) is 0 Å². The van der Waals surface area contributed by atoms with Gasteiger partial charge in [-0.25, -0.2) is 9.67 Å². The van der Waals surface area contributed by atoms with Crippen molar-refractivity contribution in [2.75, 3.05) is 0 Å². The number of aliphatic hydroxyl groups excluding tert-OH is 1. The monoisotopic (exact) mass is 273 g/mol. The van der Waals surface area contributed by atoms with Crippen molar-refractivity contribution in [3.8, 4) is 5.82 Å². The van der Waals surface area contributed by atoms with Gasteiger partial charge in [0.1, 0.15) is 0 Å². The molecule has 0 fully saturated rings. The van der Waals surface area contributed by atoms with Crippen LogP contribution in [-0.2, 0) is 6.42 Å². The fraction of sp³-hybridized carbons (Fsp3) is 0.500. The molecule has 2 rings (SSSR count). The van der Waals surface area contributed by atoms with Crippen molar-refractivity contribution in [1.82, 2.24) is 14.8 Å². The Morgan fingerprint density at radius 2 is 1.95 bits per heavy atom. The van der Waals surface area contributed by atoms with Gasteiger partial charge in [-0.15, -0.1) is 0 Å². The van der Waals surface area contributed by atoms with Crippen LogP contribution < -0.4 is 0 Å². The minimum absolute atomic E-state index is 0.143. The number of rotatable bonds is 3. The quantitative estimate of drug-likeness (QED) is 0.935. The molecular formula is C16H23N3O. The Bertz CT molecular complexity index is 596. The standard InChI is InChI=1S/C16H23N3O/c1-11-9-12(2)19(18-11)15-8-6-7-13(17-15)10-14(20)16(3,4)5/h6-9,14,20H,10H2,1-5H3. The van der Waals surface area contributed by atoms with Crippen LogP contribution in [0.3, 0.4) is 0 Å². The molecule has 0 spiro atoms. The van der Waals surface area contributed by atoms with Gasteiger partial charge < -0.3 is 5.11 Å². The number of pyridine rings is 1. The molecule has 20 heavy (non-hydrogen) atoms. The molecule has 0 radical (unpaired) electrons. The maximum absolute atomic E-state index is 10.2. The molecule has 0 aromatic carbocycles. The highest BCUT2D eigenvalue weighted by Gasteiger charge is 2.22. The van der Waals surface area contributed by atoms with Crippen molar-refractivity contribution in [3.63, 3.8) is 0 Å². The predicted octanol–water partition coefficient (Wildman–Crippen LogP) is 2.83. The van der Waals surface area contributed by atoms with Gasteiger partial charge in [0.2, 0.25) is 0 Å². The Kier molecular flexibility index (Phi) is 3.95. The predicted molar refractivity (Wildman–Crippen MR) is 80.0 cm³/mol. The number of hydrogen-bond acceptors (Lipinski definition) is 3. The normalized spacial score (nSPS) is 13.5.